The summed E-state index contributed by atoms with van der Waals surface area (Å²) in [4.78, 5) is 23.2. The van der Waals surface area contributed by atoms with Gasteiger partial charge in [0.1, 0.15) is 5.54 Å². The third-order valence-electron chi connectivity index (χ3n) is 2.94. The molecule has 1 amide bonds. The molecule has 110 valence electrons. The number of rotatable bonds is 5. The SMILES string of the molecule is COc1cc(C)c(C(=O)NC(C)(C)C(=O)O)cc1OC. The zero-order valence-electron chi connectivity index (χ0n) is 12.2. The number of amides is 1. The number of carbonyl (C=O) groups is 2. The summed E-state index contributed by atoms with van der Waals surface area (Å²) in [6.07, 6.45) is 0. The van der Waals surface area contributed by atoms with Gasteiger partial charge >= 0.3 is 5.97 Å². The Morgan fingerprint density at radius 3 is 2.10 bits per heavy atom. The molecule has 0 aliphatic rings. The molecule has 0 saturated heterocycles. The highest BCUT2D eigenvalue weighted by molar-refractivity contribution is 5.99. The van der Waals surface area contributed by atoms with Crippen molar-refractivity contribution in [2.45, 2.75) is 26.3 Å². The van der Waals surface area contributed by atoms with E-state index in [9.17, 15) is 9.59 Å². The van der Waals surface area contributed by atoms with Crippen LogP contribution in [0.25, 0.3) is 0 Å². The van der Waals surface area contributed by atoms with Gasteiger partial charge in [0, 0.05) is 5.56 Å². The van der Waals surface area contributed by atoms with Gasteiger partial charge in [-0.15, -0.1) is 0 Å². The number of carboxylic acids is 1. The molecule has 0 saturated carbocycles. The normalized spacial score (nSPS) is 10.8. The fourth-order valence-electron chi connectivity index (χ4n) is 1.63. The van der Waals surface area contributed by atoms with E-state index < -0.39 is 17.4 Å². The molecule has 0 aromatic heterocycles. The van der Waals surface area contributed by atoms with Gasteiger partial charge in [-0.05, 0) is 38.5 Å². The second-order valence-corrected chi connectivity index (χ2v) is 4.91. The van der Waals surface area contributed by atoms with Crippen LogP contribution in [0.3, 0.4) is 0 Å². The van der Waals surface area contributed by atoms with Crippen molar-refractivity contribution in [3.63, 3.8) is 0 Å². The predicted molar refractivity (Wildman–Crippen MR) is 73.5 cm³/mol. The van der Waals surface area contributed by atoms with Crippen molar-refractivity contribution in [1.29, 1.82) is 0 Å². The van der Waals surface area contributed by atoms with Gasteiger partial charge in [-0.2, -0.15) is 0 Å². The zero-order chi connectivity index (χ0) is 15.5. The first-order valence-electron chi connectivity index (χ1n) is 6.01. The molecule has 0 aliphatic carbocycles. The first-order chi connectivity index (χ1) is 9.22. The predicted octanol–water partition coefficient (Wildman–Crippen LogP) is 1.61. The van der Waals surface area contributed by atoms with Crippen LogP contribution in [0, 0.1) is 6.92 Å². The van der Waals surface area contributed by atoms with Gasteiger partial charge in [0.25, 0.3) is 5.91 Å². The molecule has 0 spiro atoms. The van der Waals surface area contributed by atoms with Crippen LogP contribution in [0.5, 0.6) is 11.5 Å². The Bertz CT molecular complexity index is 537. The molecule has 6 heteroatoms. The van der Waals surface area contributed by atoms with E-state index in [1.165, 1.54) is 34.1 Å². The van der Waals surface area contributed by atoms with E-state index in [1.807, 2.05) is 0 Å². The van der Waals surface area contributed by atoms with Crippen molar-refractivity contribution >= 4 is 11.9 Å². The monoisotopic (exact) mass is 281 g/mol. The summed E-state index contributed by atoms with van der Waals surface area (Å²) in [5.74, 6) is -0.657. The van der Waals surface area contributed by atoms with Crippen LogP contribution >= 0.6 is 0 Å². The van der Waals surface area contributed by atoms with Crippen molar-refractivity contribution in [2.75, 3.05) is 14.2 Å². The summed E-state index contributed by atoms with van der Waals surface area (Å²) >= 11 is 0. The Morgan fingerprint density at radius 1 is 1.15 bits per heavy atom. The third kappa shape index (κ3) is 3.20. The second-order valence-electron chi connectivity index (χ2n) is 4.91. The lowest BCUT2D eigenvalue weighted by Gasteiger charge is -2.22. The Labute approximate surface area is 117 Å². The number of benzene rings is 1. The largest absolute Gasteiger partial charge is 0.493 e. The Kier molecular flexibility index (Phi) is 4.60. The second kappa shape index (κ2) is 5.81. The van der Waals surface area contributed by atoms with Gasteiger partial charge in [0.15, 0.2) is 11.5 Å². The number of nitrogens with one attached hydrogen (secondary N) is 1. The number of aliphatic carboxylic acids is 1. The molecule has 0 atom stereocenters. The highest BCUT2D eigenvalue weighted by Gasteiger charge is 2.30. The van der Waals surface area contributed by atoms with Crippen LogP contribution in [-0.2, 0) is 4.79 Å². The maximum absolute atomic E-state index is 12.2. The summed E-state index contributed by atoms with van der Waals surface area (Å²) in [5.41, 5.74) is -0.338. The van der Waals surface area contributed by atoms with Crippen LogP contribution in [0.4, 0.5) is 0 Å². The Balaban J connectivity index is 3.14. The molecule has 0 aliphatic heterocycles. The minimum Gasteiger partial charge on any atom is -0.493 e. The molecule has 6 nitrogen and oxygen atoms in total. The van der Waals surface area contributed by atoms with Gasteiger partial charge < -0.3 is 19.9 Å². The molecule has 2 N–H and O–H groups in total. The summed E-state index contributed by atoms with van der Waals surface area (Å²) in [5, 5.41) is 11.5. The minimum atomic E-state index is -1.35. The molecule has 0 bridgehead atoms. The standard InChI is InChI=1S/C14H19NO5/c1-8-6-10(19-4)11(20-5)7-9(8)12(16)15-14(2,3)13(17)18/h6-7H,1-5H3,(H,15,16)(H,17,18). The highest BCUT2D eigenvalue weighted by atomic mass is 16.5. The Morgan fingerprint density at radius 2 is 1.65 bits per heavy atom. The molecule has 1 rings (SSSR count). The van der Waals surface area contributed by atoms with Crippen molar-refractivity contribution in [3.05, 3.63) is 23.3 Å². The molecule has 1 aromatic rings. The molecule has 0 fully saturated rings. The van der Waals surface area contributed by atoms with Crippen LogP contribution in [0.2, 0.25) is 0 Å². The molecule has 1 aromatic carbocycles. The number of aryl methyl sites for hydroxylation is 1. The molecule has 0 heterocycles. The van der Waals surface area contributed by atoms with Crippen LogP contribution in [0.15, 0.2) is 12.1 Å². The van der Waals surface area contributed by atoms with E-state index in [0.29, 0.717) is 22.6 Å². The van der Waals surface area contributed by atoms with Crippen LogP contribution < -0.4 is 14.8 Å². The lowest BCUT2D eigenvalue weighted by molar-refractivity contribution is -0.143. The van der Waals surface area contributed by atoms with Crippen molar-refractivity contribution < 1.29 is 24.2 Å². The van der Waals surface area contributed by atoms with Gasteiger partial charge in [-0.3, -0.25) is 4.79 Å². The summed E-state index contributed by atoms with van der Waals surface area (Å²) in [6, 6.07) is 3.20. The lowest BCUT2D eigenvalue weighted by Crippen LogP contribution is -2.49. The smallest absolute Gasteiger partial charge is 0.328 e. The number of hydrogen-bond donors (Lipinski definition) is 2. The third-order valence-corrected chi connectivity index (χ3v) is 2.94. The average Bonchev–Trinajstić information content (AvgIpc) is 2.37. The van der Waals surface area contributed by atoms with E-state index in [2.05, 4.69) is 5.32 Å². The fraction of sp³-hybridized carbons (Fsp3) is 0.429. The fourth-order valence-corrected chi connectivity index (χ4v) is 1.63. The number of methoxy groups -OCH3 is 2. The summed E-state index contributed by atoms with van der Waals surface area (Å²) in [6.45, 7) is 4.58. The summed E-state index contributed by atoms with van der Waals surface area (Å²) in [7, 11) is 2.97. The minimum absolute atomic E-state index is 0.344. The first-order valence-corrected chi connectivity index (χ1v) is 6.01. The highest BCUT2D eigenvalue weighted by Crippen LogP contribution is 2.30. The molecular weight excluding hydrogens is 262 g/mol. The van der Waals surface area contributed by atoms with Gasteiger partial charge in [-0.1, -0.05) is 0 Å². The van der Waals surface area contributed by atoms with Crippen molar-refractivity contribution in [2.24, 2.45) is 0 Å². The zero-order valence-corrected chi connectivity index (χ0v) is 12.2. The summed E-state index contributed by atoms with van der Waals surface area (Å²) < 4.78 is 10.3. The van der Waals surface area contributed by atoms with Gasteiger partial charge in [0.2, 0.25) is 0 Å². The quantitative estimate of drug-likeness (QED) is 0.856. The van der Waals surface area contributed by atoms with E-state index >= 15 is 0 Å². The number of hydrogen-bond acceptors (Lipinski definition) is 4. The van der Waals surface area contributed by atoms with E-state index in [-0.39, 0.29) is 0 Å². The lowest BCUT2D eigenvalue weighted by atomic mass is 10.0. The molecule has 0 unspecified atom stereocenters. The van der Waals surface area contributed by atoms with Crippen molar-refractivity contribution in [1.82, 2.24) is 5.32 Å². The van der Waals surface area contributed by atoms with Gasteiger partial charge in [0.05, 0.1) is 14.2 Å². The number of carboxylic acid groups (broad SMARTS) is 1. The van der Waals surface area contributed by atoms with Crippen LogP contribution in [0.1, 0.15) is 29.8 Å². The molecular formula is C14H19NO5. The molecule has 0 radical (unpaired) electrons. The average molecular weight is 281 g/mol. The topological polar surface area (TPSA) is 84.9 Å². The van der Waals surface area contributed by atoms with Crippen LogP contribution in [-0.4, -0.2) is 36.7 Å². The maximum Gasteiger partial charge on any atom is 0.328 e. The van der Waals surface area contributed by atoms with E-state index in [0.717, 1.165) is 0 Å². The molecule has 20 heavy (non-hydrogen) atoms. The van der Waals surface area contributed by atoms with Crippen molar-refractivity contribution in [3.8, 4) is 11.5 Å². The number of ether oxygens (including phenoxy) is 2. The van der Waals surface area contributed by atoms with Gasteiger partial charge in [-0.25, -0.2) is 4.79 Å². The maximum atomic E-state index is 12.2. The van der Waals surface area contributed by atoms with E-state index in [1.54, 1.807) is 13.0 Å². The van der Waals surface area contributed by atoms with E-state index in [4.69, 9.17) is 14.6 Å². The number of carbonyl (C=O) groups excluding carboxylic acids is 1. The Hall–Kier alpha value is -2.24. The first kappa shape index (κ1) is 15.8.